The molecule has 3 aliphatic rings. The van der Waals surface area contributed by atoms with Gasteiger partial charge in [0, 0.05) is 71.4 Å². The lowest BCUT2D eigenvalue weighted by Crippen LogP contribution is -2.56. The number of aliphatic hydroxyl groups excluding tert-OH is 1. The number of likely N-dealkylation sites (tertiary alicyclic amines) is 1. The number of piperazine rings is 1. The van der Waals surface area contributed by atoms with E-state index in [1.165, 1.54) is 19.1 Å². The minimum absolute atomic E-state index is 0.000245. The highest BCUT2D eigenvalue weighted by Gasteiger charge is 2.35. The van der Waals surface area contributed by atoms with Crippen molar-refractivity contribution in [1.29, 1.82) is 0 Å². The van der Waals surface area contributed by atoms with Crippen LogP contribution < -0.4 is 15.5 Å². The molecule has 2 aromatic rings. The number of nitrogens with one attached hydrogen (secondary N) is 2. The van der Waals surface area contributed by atoms with Gasteiger partial charge in [0.05, 0.1) is 18.2 Å². The quantitative estimate of drug-likeness (QED) is 0.288. The number of anilines is 2. The van der Waals surface area contributed by atoms with E-state index in [1.54, 1.807) is 17.0 Å². The minimum atomic E-state index is -1.20. The number of aromatic nitrogens is 2. The van der Waals surface area contributed by atoms with E-state index in [-0.39, 0.29) is 42.9 Å². The van der Waals surface area contributed by atoms with Crippen LogP contribution in [-0.4, -0.2) is 128 Å². The highest BCUT2D eigenvalue weighted by Crippen LogP contribution is 2.28. The molecule has 0 saturated carbocycles. The van der Waals surface area contributed by atoms with Gasteiger partial charge in [-0.25, -0.2) is 9.78 Å². The molecule has 0 radical (unpaired) electrons. The normalized spacial score (nSPS) is 19.9. The van der Waals surface area contributed by atoms with Crippen molar-refractivity contribution in [2.24, 2.45) is 0 Å². The Morgan fingerprint density at radius 2 is 1.77 bits per heavy atom. The van der Waals surface area contributed by atoms with E-state index < -0.39 is 24.1 Å². The first-order valence-electron chi connectivity index (χ1n) is 14.6. The van der Waals surface area contributed by atoms with Gasteiger partial charge < -0.3 is 35.8 Å². The SMILES string of the molecule is CC(=O)N1CC(Nc2cc(C(=O)NCC(O)[C@@H]3Cc4ccc(O)cc4CN3C(=O)O)nc(N3CCN(C(C)C)CC3)n2)C1. The van der Waals surface area contributed by atoms with Crippen molar-refractivity contribution in [1.82, 2.24) is 30.0 Å². The van der Waals surface area contributed by atoms with Gasteiger partial charge >= 0.3 is 6.09 Å². The maximum Gasteiger partial charge on any atom is 0.407 e. The van der Waals surface area contributed by atoms with Gasteiger partial charge in [-0.15, -0.1) is 0 Å². The maximum absolute atomic E-state index is 13.3. The van der Waals surface area contributed by atoms with Gasteiger partial charge in [0.1, 0.15) is 17.3 Å². The van der Waals surface area contributed by atoms with Crippen molar-refractivity contribution in [2.75, 3.05) is 56.0 Å². The summed E-state index contributed by atoms with van der Waals surface area (Å²) in [6, 6.07) is 5.97. The number of hydrogen-bond acceptors (Lipinski definition) is 10. The van der Waals surface area contributed by atoms with Crippen molar-refractivity contribution < 1.29 is 29.7 Å². The van der Waals surface area contributed by atoms with Crippen molar-refractivity contribution >= 4 is 29.7 Å². The van der Waals surface area contributed by atoms with Crippen molar-refractivity contribution in [2.45, 2.75) is 58.0 Å². The Bertz CT molecular complexity index is 1360. The van der Waals surface area contributed by atoms with E-state index >= 15 is 0 Å². The molecule has 2 atom stereocenters. The smallest absolute Gasteiger partial charge is 0.407 e. The first-order chi connectivity index (χ1) is 20.5. The molecule has 14 heteroatoms. The van der Waals surface area contributed by atoms with Gasteiger partial charge in [-0.3, -0.25) is 19.4 Å². The molecular formula is C29H40N8O6. The van der Waals surface area contributed by atoms with Crippen molar-refractivity contribution in [3.8, 4) is 5.75 Å². The number of carbonyl (C=O) groups excluding carboxylic acids is 2. The number of phenols is 1. The van der Waals surface area contributed by atoms with Crippen LogP contribution in [0.15, 0.2) is 24.3 Å². The number of phenolic OH excluding ortho intramolecular Hbond substituents is 1. The molecule has 43 heavy (non-hydrogen) atoms. The summed E-state index contributed by atoms with van der Waals surface area (Å²) in [7, 11) is 0. The zero-order valence-electron chi connectivity index (χ0n) is 24.7. The Labute approximate surface area is 250 Å². The third-order valence-corrected chi connectivity index (χ3v) is 8.47. The number of aliphatic hydroxyl groups is 1. The van der Waals surface area contributed by atoms with E-state index in [2.05, 4.69) is 39.3 Å². The average Bonchev–Trinajstić information content (AvgIpc) is 2.96. The number of nitrogens with zero attached hydrogens (tertiary/aromatic N) is 6. The fourth-order valence-corrected chi connectivity index (χ4v) is 5.81. The number of amides is 3. The van der Waals surface area contributed by atoms with Crippen LogP contribution in [0.5, 0.6) is 5.75 Å². The third kappa shape index (κ3) is 6.91. The van der Waals surface area contributed by atoms with E-state index in [0.29, 0.717) is 49.6 Å². The molecule has 5 rings (SSSR count). The van der Waals surface area contributed by atoms with Gasteiger partial charge in [0.25, 0.3) is 5.91 Å². The average molecular weight is 597 g/mol. The second kappa shape index (κ2) is 12.6. The Kier molecular flexibility index (Phi) is 8.87. The summed E-state index contributed by atoms with van der Waals surface area (Å²) in [6.07, 6.45) is -2.14. The highest BCUT2D eigenvalue weighted by atomic mass is 16.4. The second-order valence-corrected chi connectivity index (χ2v) is 11.7. The number of aromatic hydroxyl groups is 1. The third-order valence-electron chi connectivity index (χ3n) is 8.47. The molecule has 0 spiro atoms. The zero-order valence-corrected chi connectivity index (χ0v) is 24.7. The van der Waals surface area contributed by atoms with Crippen molar-refractivity contribution in [3.63, 3.8) is 0 Å². The Balaban J connectivity index is 1.29. The van der Waals surface area contributed by atoms with Gasteiger partial charge in [0.2, 0.25) is 11.9 Å². The fourth-order valence-electron chi connectivity index (χ4n) is 5.81. The number of hydrogen-bond donors (Lipinski definition) is 5. The molecule has 2 saturated heterocycles. The van der Waals surface area contributed by atoms with Crippen LogP contribution in [0.1, 0.15) is 42.4 Å². The number of carbonyl (C=O) groups is 3. The Morgan fingerprint density at radius 1 is 1.05 bits per heavy atom. The van der Waals surface area contributed by atoms with Gasteiger partial charge in [-0.1, -0.05) is 6.07 Å². The number of benzene rings is 1. The van der Waals surface area contributed by atoms with Crippen LogP contribution >= 0.6 is 0 Å². The maximum atomic E-state index is 13.3. The Morgan fingerprint density at radius 3 is 2.42 bits per heavy atom. The summed E-state index contributed by atoms with van der Waals surface area (Å²) in [4.78, 5) is 53.5. The molecule has 3 aliphatic heterocycles. The monoisotopic (exact) mass is 596 g/mol. The molecule has 3 amide bonds. The summed E-state index contributed by atoms with van der Waals surface area (Å²) >= 11 is 0. The van der Waals surface area contributed by atoms with Gasteiger partial charge in [0.15, 0.2) is 0 Å². The summed E-state index contributed by atoms with van der Waals surface area (Å²) in [5.74, 6) is 0.423. The molecule has 0 bridgehead atoms. The predicted molar refractivity (Wildman–Crippen MR) is 158 cm³/mol. The van der Waals surface area contributed by atoms with Crippen LogP contribution in [0.2, 0.25) is 0 Å². The molecule has 232 valence electrons. The summed E-state index contributed by atoms with van der Waals surface area (Å²) in [6.45, 7) is 9.84. The first-order valence-corrected chi connectivity index (χ1v) is 14.6. The molecule has 4 heterocycles. The van der Waals surface area contributed by atoms with E-state index in [9.17, 15) is 29.7 Å². The van der Waals surface area contributed by atoms with Gasteiger partial charge in [-0.05, 0) is 43.5 Å². The molecule has 1 aromatic carbocycles. The van der Waals surface area contributed by atoms with Crippen molar-refractivity contribution in [3.05, 3.63) is 41.1 Å². The second-order valence-electron chi connectivity index (χ2n) is 11.7. The van der Waals surface area contributed by atoms with Crippen LogP contribution in [0.25, 0.3) is 0 Å². The molecule has 14 nitrogen and oxygen atoms in total. The Hall–Kier alpha value is -4.17. The number of fused-ring (bicyclic) bond motifs is 1. The minimum Gasteiger partial charge on any atom is -0.508 e. The summed E-state index contributed by atoms with van der Waals surface area (Å²) < 4.78 is 0. The topological polar surface area (TPSA) is 175 Å². The summed E-state index contributed by atoms with van der Waals surface area (Å²) in [5, 5.41) is 36.7. The van der Waals surface area contributed by atoms with Crippen LogP contribution in [-0.2, 0) is 17.8 Å². The molecule has 1 aromatic heterocycles. The molecule has 5 N–H and O–H groups in total. The van der Waals surface area contributed by atoms with E-state index in [1.807, 2.05) is 4.90 Å². The molecule has 1 unspecified atom stereocenters. The van der Waals surface area contributed by atoms with Gasteiger partial charge in [-0.2, -0.15) is 4.98 Å². The number of rotatable bonds is 8. The summed E-state index contributed by atoms with van der Waals surface area (Å²) in [5.41, 5.74) is 1.63. The largest absolute Gasteiger partial charge is 0.508 e. The van der Waals surface area contributed by atoms with Crippen LogP contribution in [0, 0.1) is 0 Å². The molecule has 2 fully saturated rings. The van der Waals surface area contributed by atoms with Crippen LogP contribution in [0.4, 0.5) is 16.6 Å². The standard InChI is InChI=1S/C29H40N8O6/c1-17(2)34-6-8-35(9-7-34)28-32-23(12-26(33-28)31-21-15-36(16-21)18(3)38)27(41)30-13-25(40)24-11-19-4-5-22(39)10-20(19)14-37(24)29(42)43/h4-5,10,12,17,21,24-25,39-40H,6-9,11,13-16H2,1-3H3,(H,30,41)(H,42,43)(H,31,32,33)/t24-,25?/m0/s1. The zero-order chi connectivity index (χ0) is 30.8. The predicted octanol–water partition coefficient (Wildman–Crippen LogP) is 0.551. The van der Waals surface area contributed by atoms with E-state index in [4.69, 9.17) is 0 Å². The highest BCUT2D eigenvalue weighted by molar-refractivity contribution is 5.93. The lowest BCUT2D eigenvalue weighted by atomic mass is 9.91. The van der Waals surface area contributed by atoms with Crippen LogP contribution in [0.3, 0.4) is 0 Å². The fraction of sp³-hybridized carbons (Fsp3) is 0.552. The molecular weight excluding hydrogens is 556 g/mol. The lowest BCUT2D eigenvalue weighted by Gasteiger charge is -2.39. The van der Waals surface area contributed by atoms with E-state index in [0.717, 1.165) is 23.6 Å². The lowest BCUT2D eigenvalue weighted by molar-refractivity contribution is -0.132. The first kappa shape index (κ1) is 30.3. The molecule has 0 aliphatic carbocycles. The number of carboxylic acid groups (broad SMARTS) is 1.